The lowest BCUT2D eigenvalue weighted by Gasteiger charge is -2.22. The van der Waals surface area contributed by atoms with Crippen LogP contribution in [0.5, 0.6) is 0 Å². The highest BCUT2D eigenvalue weighted by molar-refractivity contribution is 5.64. The maximum absolute atomic E-state index is 5.94. The Morgan fingerprint density at radius 3 is 2.94 bits per heavy atom. The van der Waals surface area contributed by atoms with Crippen molar-refractivity contribution in [2.24, 2.45) is 0 Å². The van der Waals surface area contributed by atoms with Crippen LogP contribution >= 0.6 is 0 Å². The number of rotatable bonds is 5. The standard InChI is InChI=1S/C14H23N3O/c1-11-7-8-16-14(13(11)15)17-9-10-18-12-5-3-2-4-6-12/h7-8,12H,2-6,9-10,15H2,1H3,(H,16,17). The van der Waals surface area contributed by atoms with E-state index in [0.717, 1.165) is 30.2 Å². The summed E-state index contributed by atoms with van der Waals surface area (Å²) in [6, 6.07) is 1.92. The predicted molar refractivity (Wildman–Crippen MR) is 74.7 cm³/mol. The van der Waals surface area contributed by atoms with Crippen LogP contribution in [0.15, 0.2) is 12.3 Å². The van der Waals surface area contributed by atoms with Crippen LogP contribution in [0.2, 0.25) is 0 Å². The van der Waals surface area contributed by atoms with Gasteiger partial charge in [0.05, 0.1) is 18.4 Å². The Kier molecular flexibility index (Phi) is 4.81. The van der Waals surface area contributed by atoms with Gasteiger partial charge in [0, 0.05) is 12.7 Å². The number of hydrogen-bond acceptors (Lipinski definition) is 4. The fourth-order valence-corrected chi connectivity index (χ4v) is 2.34. The summed E-state index contributed by atoms with van der Waals surface area (Å²) in [7, 11) is 0. The van der Waals surface area contributed by atoms with Crippen molar-refractivity contribution in [2.45, 2.75) is 45.1 Å². The lowest BCUT2D eigenvalue weighted by atomic mass is 9.98. The Balaban J connectivity index is 1.70. The van der Waals surface area contributed by atoms with Crippen LogP contribution in [0.1, 0.15) is 37.7 Å². The molecule has 18 heavy (non-hydrogen) atoms. The number of aromatic nitrogens is 1. The molecule has 1 saturated carbocycles. The Morgan fingerprint density at radius 1 is 1.39 bits per heavy atom. The molecule has 1 fully saturated rings. The number of nitrogen functional groups attached to an aromatic ring is 1. The molecule has 2 rings (SSSR count). The lowest BCUT2D eigenvalue weighted by Crippen LogP contribution is -2.21. The maximum atomic E-state index is 5.94. The molecule has 1 heterocycles. The van der Waals surface area contributed by atoms with Gasteiger partial charge < -0.3 is 15.8 Å². The van der Waals surface area contributed by atoms with E-state index in [1.807, 2.05) is 13.0 Å². The molecule has 0 spiro atoms. The minimum Gasteiger partial charge on any atom is -0.396 e. The zero-order chi connectivity index (χ0) is 12.8. The van der Waals surface area contributed by atoms with Crippen LogP contribution in [0, 0.1) is 6.92 Å². The Morgan fingerprint density at radius 2 is 2.17 bits per heavy atom. The van der Waals surface area contributed by atoms with Gasteiger partial charge in [-0.05, 0) is 31.4 Å². The molecule has 100 valence electrons. The summed E-state index contributed by atoms with van der Waals surface area (Å²) in [6.45, 7) is 3.47. The van der Waals surface area contributed by atoms with E-state index < -0.39 is 0 Å². The summed E-state index contributed by atoms with van der Waals surface area (Å²) in [6.07, 6.45) is 8.64. The second-order valence-electron chi connectivity index (χ2n) is 4.95. The highest BCUT2D eigenvalue weighted by atomic mass is 16.5. The molecular weight excluding hydrogens is 226 g/mol. The van der Waals surface area contributed by atoms with E-state index >= 15 is 0 Å². The first-order valence-corrected chi connectivity index (χ1v) is 6.84. The second kappa shape index (κ2) is 6.59. The molecule has 0 aromatic carbocycles. The van der Waals surface area contributed by atoms with Gasteiger partial charge in [-0.3, -0.25) is 0 Å². The van der Waals surface area contributed by atoms with Gasteiger partial charge in [-0.1, -0.05) is 19.3 Å². The quantitative estimate of drug-likeness (QED) is 0.788. The number of hydrogen-bond donors (Lipinski definition) is 2. The molecule has 0 amide bonds. The first-order chi connectivity index (χ1) is 8.77. The van der Waals surface area contributed by atoms with Gasteiger partial charge in [0.15, 0.2) is 0 Å². The average Bonchev–Trinajstić information content (AvgIpc) is 2.40. The van der Waals surface area contributed by atoms with Crippen LogP contribution < -0.4 is 11.1 Å². The van der Waals surface area contributed by atoms with E-state index in [2.05, 4.69) is 10.3 Å². The van der Waals surface area contributed by atoms with Crippen molar-refractivity contribution < 1.29 is 4.74 Å². The molecule has 0 bridgehead atoms. The van der Waals surface area contributed by atoms with Crippen molar-refractivity contribution in [2.75, 3.05) is 24.2 Å². The van der Waals surface area contributed by atoms with E-state index in [1.54, 1.807) is 6.20 Å². The summed E-state index contributed by atoms with van der Waals surface area (Å²) >= 11 is 0. The van der Waals surface area contributed by atoms with Crippen molar-refractivity contribution in [3.05, 3.63) is 17.8 Å². The zero-order valence-electron chi connectivity index (χ0n) is 11.1. The Bertz CT molecular complexity index is 375. The summed E-state index contributed by atoms with van der Waals surface area (Å²) < 4.78 is 5.84. The third kappa shape index (κ3) is 3.60. The van der Waals surface area contributed by atoms with E-state index in [0.29, 0.717) is 6.10 Å². The minimum absolute atomic E-state index is 0.461. The van der Waals surface area contributed by atoms with Gasteiger partial charge in [0.1, 0.15) is 5.82 Å². The van der Waals surface area contributed by atoms with Crippen molar-refractivity contribution >= 4 is 11.5 Å². The van der Waals surface area contributed by atoms with E-state index in [9.17, 15) is 0 Å². The van der Waals surface area contributed by atoms with Crippen LogP contribution in [-0.4, -0.2) is 24.2 Å². The number of pyridine rings is 1. The third-order valence-electron chi connectivity index (χ3n) is 3.51. The maximum Gasteiger partial charge on any atom is 0.149 e. The summed E-state index contributed by atoms with van der Waals surface area (Å²) in [5.74, 6) is 0.766. The fraction of sp³-hybridized carbons (Fsp3) is 0.643. The largest absolute Gasteiger partial charge is 0.396 e. The molecule has 0 unspecified atom stereocenters. The van der Waals surface area contributed by atoms with Crippen LogP contribution in [0.3, 0.4) is 0 Å². The van der Waals surface area contributed by atoms with Crippen LogP contribution in [0.4, 0.5) is 11.5 Å². The number of ether oxygens (including phenoxy) is 1. The molecule has 0 atom stereocenters. The van der Waals surface area contributed by atoms with Gasteiger partial charge in [-0.25, -0.2) is 4.98 Å². The Hall–Kier alpha value is -1.29. The minimum atomic E-state index is 0.461. The smallest absolute Gasteiger partial charge is 0.149 e. The van der Waals surface area contributed by atoms with Gasteiger partial charge in [-0.15, -0.1) is 0 Å². The molecule has 1 aliphatic carbocycles. The number of nitrogens with one attached hydrogen (secondary N) is 1. The average molecular weight is 249 g/mol. The van der Waals surface area contributed by atoms with Crippen molar-refractivity contribution in [1.82, 2.24) is 4.98 Å². The van der Waals surface area contributed by atoms with Crippen molar-refractivity contribution in [1.29, 1.82) is 0 Å². The topological polar surface area (TPSA) is 60.2 Å². The van der Waals surface area contributed by atoms with Crippen LogP contribution in [0.25, 0.3) is 0 Å². The second-order valence-corrected chi connectivity index (χ2v) is 4.95. The zero-order valence-corrected chi connectivity index (χ0v) is 11.1. The molecule has 4 heteroatoms. The summed E-state index contributed by atoms with van der Waals surface area (Å²) in [5.41, 5.74) is 7.73. The molecule has 1 aromatic heterocycles. The lowest BCUT2D eigenvalue weighted by molar-refractivity contribution is 0.0347. The van der Waals surface area contributed by atoms with Gasteiger partial charge >= 0.3 is 0 Å². The number of anilines is 2. The summed E-state index contributed by atoms with van der Waals surface area (Å²) in [5, 5.41) is 3.23. The van der Waals surface area contributed by atoms with E-state index in [4.69, 9.17) is 10.5 Å². The molecule has 3 N–H and O–H groups in total. The molecule has 1 aliphatic rings. The first kappa shape index (κ1) is 13.1. The molecule has 4 nitrogen and oxygen atoms in total. The SMILES string of the molecule is Cc1ccnc(NCCOC2CCCCC2)c1N. The summed E-state index contributed by atoms with van der Waals surface area (Å²) in [4.78, 5) is 4.23. The number of aryl methyl sites for hydroxylation is 1. The van der Waals surface area contributed by atoms with Gasteiger partial charge in [0.25, 0.3) is 0 Å². The van der Waals surface area contributed by atoms with Gasteiger partial charge in [0.2, 0.25) is 0 Å². The van der Waals surface area contributed by atoms with Crippen molar-refractivity contribution in [3.8, 4) is 0 Å². The molecule has 0 saturated heterocycles. The third-order valence-corrected chi connectivity index (χ3v) is 3.51. The van der Waals surface area contributed by atoms with E-state index in [-0.39, 0.29) is 0 Å². The molecule has 0 radical (unpaired) electrons. The number of nitrogens with zero attached hydrogens (tertiary/aromatic N) is 1. The predicted octanol–water partition coefficient (Wildman–Crippen LogP) is 2.73. The molecular formula is C14H23N3O. The van der Waals surface area contributed by atoms with Gasteiger partial charge in [-0.2, -0.15) is 0 Å². The first-order valence-electron chi connectivity index (χ1n) is 6.84. The molecule has 1 aromatic rings. The molecule has 0 aliphatic heterocycles. The highest BCUT2D eigenvalue weighted by Crippen LogP contribution is 2.20. The fourth-order valence-electron chi connectivity index (χ4n) is 2.34. The normalized spacial score (nSPS) is 16.7. The van der Waals surface area contributed by atoms with Crippen molar-refractivity contribution in [3.63, 3.8) is 0 Å². The number of nitrogens with two attached hydrogens (primary N) is 1. The monoisotopic (exact) mass is 249 g/mol. The highest BCUT2D eigenvalue weighted by Gasteiger charge is 2.13. The van der Waals surface area contributed by atoms with Crippen LogP contribution in [-0.2, 0) is 4.74 Å². The van der Waals surface area contributed by atoms with E-state index in [1.165, 1.54) is 32.1 Å². The Labute approximate surface area is 109 Å².